The van der Waals surface area contributed by atoms with E-state index in [2.05, 4.69) is 20.5 Å². The van der Waals surface area contributed by atoms with Crippen molar-refractivity contribution >= 4 is 17.6 Å². The van der Waals surface area contributed by atoms with Crippen molar-refractivity contribution < 1.29 is 4.79 Å². The van der Waals surface area contributed by atoms with Crippen LogP contribution in [-0.2, 0) is 13.0 Å². The van der Waals surface area contributed by atoms with Crippen LogP contribution in [0.25, 0.3) is 0 Å². The van der Waals surface area contributed by atoms with Gasteiger partial charge in [-0.25, -0.2) is 9.78 Å². The number of aryl methyl sites for hydroxylation is 1. The van der Waals surface area contributed by atoms with Crippen molar-refractivity contribution in [1.29, 1.82) is 0 Å². The van der Waals surface area contributed by atoms with Gasteiger partial charge in [-0.05, 0) is 24.1 Å². The van der Waals surface area contributed by atoms with Crippen LogP contribution in [0.4, 0.5) is 4.79 Å². The predicted octanol–water partition coefficient (Wildman–Crippen LogP) is 2.68. The van der Waals surface area contributed by atoms with Crippen molar-refractivity contribution in [3.63, 3.8) is 0 Å². The highest BCUT2D eigenvalue weighted by Gasteiger charge is 2.33. The van der Waals surface area contributed by atoms with Gasteiger partial charge in [0.25, 0.3) is 0 Å². The molecule has 1 atom stereocenters. The Kier molecular flexibility index (Phi) is 4.29. The van der Waals surface area contributed by atoms with E-state index in [1.807, 2.05) is 36.1 Å². The van der Waals surface area contributed by atoms with Gasteiger partial charge in [0.2, 0.25) is 0 Å². The lowest BCUT2D eigenvalue weighted by atomic mass is 9.95. The number of hydrogen-bond acceptors (Lipinski definition) is 3. The smallest absolute Gasteiger partial charge is 0.318 e. The van der Waals surface area contributed by atoms with Crippen LogP contribution in [0.2, 0.25) is 5.02 Å². The fourth-order valence-electron chi connectivity index (χ4n) is 2.49. The number of hydrogen-bond donors (Lipinski definition) is 2. The van der Waals surface area contributed by atoms with Crippen LogP contribution in [0.15, 0.2) is 24.3 Å². The molecule has 1 fully saturated rings. The summed E-state index contributed by atoms with van der Waals surface area (Å²) in [7, 11) is 0. The maximum Gasteiger partial charge on any atom is 0.318 e. The molecule has 2 aromatic rings. The monoisotopic (exact) mass is 319 g/mol. The summed E-state index contributed by atoms with van der Waals surface area (Å²) in [6, 6.07) is 7.68. The largest absolute Gasteiger partial charge is 0.331 e. The fraction of sp³-hybridized carbons (Fsp3) is 0.400. The minimum absolute atomic E-state index is 0.0827. The topological polar surface area (TPSA) is 73.9 Å². The van der Waals surface area contributed by atoms with E-state index in [1.165, 1.54) is 0 Å². The summed E-state index contributed by atoms with van der Waals surface area (Å²) in [4.78, 5) is 18.3. The summed E-state index contributed by atoms with van der Waals surface area (Å²) in [6.07, 6.45) is 1.74. The van der Waals surface area contributed by atoms with E-state index in [0.717, 1.165) is 30.8 Å². The zero-order valence-corrected chi connectivity index (χ0v) is 13.1. The molecule has 2 heterocycles. The number of urea groups is 1. The van der Waals surface area contributed by atoms with Crippen molar-refractivity contribution in [2.45, 2.75) is 32.4 Å². The zero-order valence-electron chi connectivity index (χ0n) is 12.3. The first kappa shape index (κ1) is 14.8. The third-order valence-corrected chi connectivity index (χ3v) is 4.09. The number of rotatable bonds is 4. The molecule has 0 saturated carbocycles. The predicted molar refractivity (Wildman–Crippen MR) is 83.5 cm³/mol. The van der Waals surface area contributed by atoms with E-state index in [1.54, 1.807) is 0 Å². The van der Waals surface area contributed by atoms with Gasteiger partial charge in [-0.3, -0.25) is 5.10 Å². The first-order valence-corrected chi connectivity index (χ1v) is 7.75. The number of carbonyl (C=O) groups excluding carboxylic acids is 1. The second-order valence-electron chi connectivity index (χ2n) is 5.26. The number of H-pyrrole nitrogens is 1. The summed E-state index contributed by atoms with van der Waals surface area (Å²) in [5.74, 6) is 1.43. The van der Waals surface area contributed by atoms with Crippen LogP contribution in [0, 0.1) is 0 Å². The summed E-state index contributed by atoms with van der Waals surface area (Å²) >= 11 is 5.90. The van der Waals surface area contributed by atoms with Crippen molar-refractivity contribution in [3.8, 4) is 0 Å². The number of benzene rings is 1. The average Bonchev–Trinajstić information content (AvgIpc) is 2.94. The molecule has 2 N–H and O–H groups in total. The minimum Gasteiger partial charge on any atom is -0.331 e. The van der Waals surface area contributed by atoms with Gasteiger partial charge in [0.05, 0.1) is 12.6 Å². The molecule has 0 radical (unpaired) electrons. The normalized spacial score (nSPS) is 17.2. The van der Waals surface area contributed by atoms with Gasteiger partial charge in [0.15, 0.2) is 5.82 Å². The molecule has 1 aromatic carbocycles. The van der Waals surface area contributed by atoms with Gasteiger partial charge in [0, 0.05) is 18.0 Å². The van der Waals surface area contributed by atoms with E-state index in [0.29, 0.717) is 17.4 Å². The molecule has 0 bridgehead atoms. The van der Waals surface area contributed by atoms with Crippen molar-refractivity contribution in [2.75, 3.05) is 6.54 Å². The van der Waals surface area contributed by atoms with Crippen molar-refractivity contribution in [2.24, 2.45) is 0 Å². The molecule has 2 amide bonds. The number of nitrogens with zero attached hydrogens (tertiary/aromatic N) is 3. The molecule has 0 spiro atoms. The number of aromatic nitrogens is 3. The Bertz CT molecular complexity index is 654. The highest BCUT2D eigenvalue weighted by atomic mass is 35.5. The molecule has 1 aliphatic rings. The van der Waals surface area contributed by atoms with Gasteiger partial charge in [-0.1, -0.05) is 30.7 Å². The quantitative estimate of drug-likeness (QED) is 0.910. The first-order valence-electron chi connectivity index (χ1n) is 7.37. The van der Waals surface area contributed by atoms with E-state index >= 15 is 0 Å². The Morgan fingerprint density at radius 1 is 1.45 bits per heavy atom. The summed E-state index contributed by atoms with van der Waals surface area (Å²) in [6.45, 7) is 3.10. The van der Waals surface area contributed by atoms with Crippen LogP contribution in [-0.4, -0.2) is 32.7 Å². The molecule has 1 saturated heterocycles. The van der Waals surface area contributed by atoms with Gasteiger partial charge in [-0.15, -0.1) is 0 Å². The molecule has 3 rings (SSSR count). The second-order valence-corrected chi connectivity index (χ2v) is 5.70. The number of aromatic amines is 1. The average molecular weight is 320 g/mol. The highest BCUT2D eigenvalue weighted by Crippen LogP contribution is 2.33. The summed E-state index contributed by atoms with van der Waals surface area (Å²) < 4.78 is 0. The molecule has 0 aliphatic carbocycles. The van der Waals surface area contributed by atoms with E-state index in [-0.39, 0.29) is 12.1 Å². The van der Waals surface area contributed by atoms with Gasteiger partial charge < -0.3 is 10.2 Å². The Balaban J connectivity index is 1.57. The fourth-order valence-corrected chi connectivity index (χ4v) is 2.62. The third-order valence-electron chi connectivity index (χ3n) is 3.84. The molecular formula is C15H18ClN5O. The zero-order chi connectivity index (χ0) is 15.5. The van der Waals surface area contributed by atoms with E-state index in [9.17, 15) is 4.79 Å². The summed E-state index contributed by atoms with van der Waals surface area (Å²) in [5, 5.41) is 10.5. The number of amides is 2. The molecule has 6 nitrogen and oxygen atoms in total. The molecule has 1 aliphatic heterocycles. The molecule has 22 heavy (non-hydrogen) atoms. The van der Waals surface area contributed by atoms with Crippen LogP contribution in [0.5, 0.6) is 0 Å². The Morgan fingerprint density at radius 2 is 2.23 bits per heavy atom. The molecule has 1 aromatic heterocycles. The molecular weight excluding hydrogens is 302 g/mol. The van der Waals surface area contributed by atoms with Crippen LogP contribution < -0.4 is 5.32 Å². The maximum absolute atomic E-state index is 12.3. The molecule has 1 unspecified atom stereocenters. The van der Waals surface area contributed by atoms with Gasteiger partial charge >= 0.3 is 6.03 Å². The van der Waals surface area contributed by atoms with Crippen molar-refractivity contribution in [1.82, 2.24) is 25.4 Å². The lowest BCUT2D eigenvalue weighted by molar-refractivity contribution is 0.115. The lowest BCUT2D eigenvalue weighted by Gasteiger charge is -2.41. The molecule has 116 valence electrons. The van der Waals surface area contributed by atoms with Gasteiger partial charge in [0.1, 0.15) is 5.82 Å². The van der Waals surface area contributed by atoms with Crippen LogP contribution in [0.1, 0.15) is 36.6 Å². The number of carbonyl (C=O) groups is 1. The van der Waals surface area contributed by atoms with Crippen molar-refractivity contribution in [3.05, 3.63) is 46.5 Å². The van der Waals surface area contributed by atoms with E-state index in [4.69, 9.17) is 11.6 Å². The van der Waals surface area contributed by atoms with E-state index < -0.39 is 0 Å². The van der Waals surface area contributed by atoms with Gasteiger partial charge in [-0.2, -0.15) is 5.10 Å². The number of nitrogens with one attached hydrogen (secondary N) is 2. The SMILES string of the molecule is CCc1n[nH]c(CNC(=O)N2CCC2c2ccc(Cl)cc2)n1. The lowest BCUT2D eigenvalue weighted by Crippen LogP contribution is -2.49. The van der Waals surface area contributed by atoms with Crippen LogP contribution >= 0.6 is 11.6 Å². The highest BCUT2D eigenvalue weighted by molar-refractivity contribution is 6.30. The Morgan fingerprint density at radius 3 is 2.82 bits per heavy atom. The summed E-state index contributed by atoms with van der Waals surface area (Å²) in [5.41, 5.74) is 1.11. The molecule has 7 heteroatoms. The second kappa shape index (κ2) is 6.36. The van der Waals surface area contributed by atoms with Crippen LogP contribution in [0.3, 0.4) is 0 Å². The maximum atomic E-state index is 12.3. The third kappa shape index (κ3) is 3.06. The minimum atomic E-state index is -0.0827. The number of halogens is 1. The standard InChI is InChI=1S/C15H18ClN5O/c1-2-13-18-14(20-19-13)9-17-15(22)21-8-7-12(21)10-3-5-11(16)6-4-10/h3-6,12H,2,7-9H2,1H3,(H,17,22)(H,18,19,20). The Labute approximate surface area is 133 Å². The first-order chi connectivity index (χ1) is 10.7. The number of likely N-dealkylation sites (tertiary alicyclic amines) is 1. The Hall–Kier alpha value is -2.08.